The Morgan fingerprint density at radius 1 is 0.917 bits per heavy atom. The fraction of sp³-hybridized carbons (Fsp3) is 0.444. The van der Waals surface area contributed by atoms with E-state index in [1.54, 1.807) is 18.3 Å². The van der Waals surface area contributed by atoms with Gasteiger partial charge >= 0.3 is 0 Å². The molecule has 0 bridgehead atoms. The fourth-order valence-corrected chi connectivity index (χ4v) is 5.94. The van der Waals surface area contributed by atoms with Gasteiger partial charge in [-0.3, -0.25) is 9.78 Å². The maximum atomic E-state index is 13.8. The quantitative estimate of drug-likeness (QED) is 0.366. The van der Waals surface area contributed by atoms with E-state index in [2.05, 4.69) is 48.8 Å². The first-order valence-corrected chi connectivity index (χ1v) is 13.6. The van der Waals surface area contributed by atoms with Gasteiger partial charge in [-0.25, -0.2) is 13.8 Å². The second-order valence-electron chi connectivity index (χ2n) is 10.3. The number of nitrogens with one attached hydrogen (secondary N) is 1. The molecule has 9 heteroatoms. The van der Waals surface area contributed by atoms with E-state index in [9.17, 15) is 13.6 Å². The first-order chi connectivity index (χ1) is 17.3. The largest absolute Gasteiger partial charge is 0.371 e. The zero-order valence-corrected chi connectivity index (χ0v) is 22.1. The van der Waals surface area contributed by atoms with Gasteiger partial charge in [0.2, 0.25) is 0 Å². The number of aromatic nitrogens is 2. The lowest BCUT2D eigenvalue weighted by atomic mass is 9.93. The van der Waals surface area contributed by atoms with Crippen LogP contribution in [0, 0.1) is 8.99 Å². The van der Waals surface area contributed by atoms with Gasteiger partial charge in [-0.05, 0) is 84.0 Å². The molecular weight excluding hydrogens is 575 g/mol. The van der Waals surface area contributed by atoms with E-state index in [1.807, 2.05) is 23.1 Å². The third-order valence-electron chi connectivity index (χ3n) is 7.95. The molecule has 3 aliphatic rings. The maximum Gasteiger partial charge on any atom is 0.258 e. The highest BCUT2D eigenvalue weighted by Crippen LogP contribution is 2.54. The van der Waals surface area contributed by atoms with Crippen LogP contribution in [0.15, 0.2) is 42.6 Å². The number of halogens is 3. The van der Waals surface area contributed by atoms with Crippen molar-refractivity contribution >= 4 is 56.7 Å². The number of carbonyl (C=O) groups excluding carboxylic acids is 1. The molecule has 3 fully saturated rings. The average Bonchev–Trinajstić information content (AvgIpc) is 3.62. The molecule has 188 valence electrons. The molecule has 36 heavy (non-hydrogen) atoms. The number of hydrogen-bond donors (Lipinski definition) is 1. The Bertz CT molecular complexity index is 1310. The number of pyridine rings is 2. The third kappa shape index (κ3) is 4.73. The first-order valence-electron chi connectivity index (χ1n) is 12.6. The molecule has 1 saturated carbocycles. The lowest BCUT2D eigenvalue weighted by Gasteiger charge is -2.35. The molecule has 0 unspecified atom stereocenters. The van der Waals surface area contributed by atoms with Gasteiger partial charge in [0.25, 0.3) is 11.8 Å². The van der Waals surface area contributed by atoms with Gasteiger partial charge in [0.15, 0.2) is 0 Å². The summed E-state index contributed by atoms with van der Waals surface area (Å²) in [6.07, 6.45) is 6.30. The molecule has 1 spiro atoms. The second-order valence-corrected chi connectivity index (χ2v) is 11.6. The maximum absolute atomic E-state index is 13.8. The number of hydrogen-bond acceptors (Lipinski definition) is 5. The van der Waals surface area contributed by atoms with E-state index in [-0.39, 0.29) is 31.8 Å². The van der Waals surface area contributed by atoms with Crippen LogP contribution in [-0.2, 0) is 0 Å². The number of piperidine rings is 2. The molecule has 2 aliphatic heterocycles. The lowest BCUT2D eigenvalue weighted by molar-refractivity contribution is -0.0220. The third-order valence-corrected chi connectivity index (χ3v) is 8.62. The Balaban J connectivity index is 1.29. The molecule has 2 saturated heterocycles. The van der Waals surface area contributed by atoms with Crippen molar-refractivity contribution in [1.29, 1.82) is 0 Å². The monoisotopic (exact) mass is 603 g/mol. The van der Waals surface area contributed by atoms with Gasteiger partial charge in [0.1, 0.15) is 11.3 Å². The summed E-state index contributed by atoms with van der Waals surface area (Å²) in [6.45, 7) is 2.38. The zero-order valence-electron chi connectivity index (χ0n) is 19.9. The second kappa shape index (κ2) is 9.08. The number of nitrogens with zero attached hydrogens (tertiary/aromatic N) is 4. The highest BCUT2D eigenvalue weighted by atomic mass is 127. The Morgan fingerprint density at radius 3 is 2.33 bits per heavy atom. The minimum Gasteiger partial charge on any atom is -0.371 e. The number of amides is 1. The number of anilines is 3. The van der Waals surface area contributed by atoms with Crippen LogP contribution in [0.25, 0.3) is 11.0 Å². The molecule has 2 aromatic heterocycles. The van der Waals surface area contributed by atoms with E-state index in [0.29, 0.717) is 27.8 Å². The smallest absolute Gasteiger partial charge is 0.258 e. The molecule has 6 rings (SSSR count). The number of benzene rings is 1. The SMILES string of the molecule is O=C(Nc1cc(N2CCC(F)(F)CC2)c2ncccc2n1)c1ccc(I)cc1N1CCC2(CC1)CC2. The van der Waals surface area contributed by atoms with Crippen molar-refractivity contribution in [3.8, 4) is 0 Å². The van der Waals surface area contributed by atoms with Crippen LogP contribution in [0.3, 0.4) is 0 Å². The van der Waals surface area contributed by atoms with Crippen molar-refractivity contribution in [2.75, 3.05) is 41.3 Å². The number of alkyl halides is 2. The highest BCUT2D eigenvalue weighted by molar-refractivity contribution is 14.1. The van der Waals surface area contributed by atoms with Crippen molar-refractivity contribution in [2.24, 2.45) is 5.41 Å². The topological polar surface area (TPSA) is 61.4 Å². The van der Waals surface area contributed by atoms with E-state index in [1.165, 1.54) is 25.7 Å². The standard InChI is InChI=1S/C27H28F2IN5O/c28-27(29)9-14-35(15-10-27)22-17-23(32-20-2-1-11-31-24(20)22)33-25(36)19-4-3-18(30)16-21(19)34-12-7-26(5-6-26)8-13-34/h1-4,11,16-17H,5-10,12-15H2,(H,32,33,36). The average molecular weight is 603 g/mol. The highest BCUT2D eigenvalue weighted by Gasteiger charge is 2.44. The van der Waals surface area contributed by atoms with Gasteiger partial charge in [-0.2, -0.15) is 0 Å². The summed E-state index contributed by atoms with van der Waals surface area (Å²) in [5, 5.41) is 2.99. The summed E-state index contributed by atoms with van der Waals surface area (Å²) < 4.78 is 28.7. The number of carbonyl (C=O) groups is 1. The van der Waals surface area contributed by atoms with Crippen LogP contribution in [-0.4, -0.2) is 48.0 Å². The van der Waals surface area contributed by atoms with E-state index < -0.39 is 5.92 Å². The summed E-state index contributed by atoms with van der Waals surface area (Å²) in [6, 6.07) is 11.3. The summed E-state index contributed by atoms with van der Waals surface area (Å²) in [4.78, 5) is 26.9. The molecule has 4 heterocycles. The van der Waals surface area contributed by atoms with Gasteiger partial charge in [-0.15, -0.1) is 0 Å². The Morgan fingerprint density at radius 2 is 1.61 bits per heavy atom. The summed E-state index contributed by atoms with van der Waals surface area (Å²) >= 11 is 2.29. The van der Waals surface area contributed by atoms with Crippen molar-refractivity contribution in [3.05, 3.63) is 51.7 Å². The predicted octanol–water partition coefficient (Wildman–Crippen LogP) is 6.10. The minimum absolute atomic E-state index is 0.200. The molecule has 3 aromatic rings. The predicted molar refractivity (Wildman–Crippen MR) is 146 cm³/mol. The van der Waals surface area contributed by atoms with E-state index in [0.717, 1.165) is 28.0 Å². The molecule has 0 atom stereocenters. The van der Waals surface area contributed by atoms with Gasteiger partial charge in [0, 0.05) is 54.9 Å². The molecule has 6 nitrogen and oxygen atoms in total. The van der Waals surface area contributed by atoms with Crippen LogP contribution in [0.1, 0.15) is 48.9 Å². The molecule has 1 aromatic carbocycles. The summed E-state index contributed by atoms with van der Waals surface area (Å²) in [7, 11) is 0. The first kappa shape index (κ1) is 23.8. The molecule has 1 amide bonds. The van der Waals surface area contributed by atoms with Gasteiger partial charge in [0.05, 0.1) is 22.5 Å². The van der Waals surface area contributed by atoms with Crippen molar-refractivity contribution in [2.45, 2.75) is 44.4 Å². The lowest BCUT2D eigenvalue weighted by Crippen LogP contribution is -2.39. The van der Waals surface area contributed by atoms with E-state index >= 15 is 0 Å². The fourth-order valence-electron chi connectivity index (χ4n) is 5.46. The Labute approximate surface area is 222 Å². The van der Waals surface area contributed by atoms with Gasteiger partial charge in [-0.1, -0.05) is 0 Å². The molecule has 1 aliphatic carbocycles. The van der Waals surface area contributed by atoms with Gasteiger partial charge < -0.3 is 15.1 Å². The van der Waals surface area contributed by atoms with Crippen molar-refractivity contribution in [3.63, 3.8) is 0 Å². The van der Waals surface area contributed by atoms with Crippen LogP contribution < -0.4 is 15.1 Å². The Hall–Kier alpha value is -2.56. The molecule has 0 radical (unpaired) electrons. The zero-order chi connectivity index (χ0) is 24.9. The summed E-state index contributed by atoms with van der Waals surface area (Å²) in [5.41, 5.74) is 4.12. The van der Waals surface area contributed by atoms with Crippen LogP contribution in [0.5, 0.6) is 0 Å². The minimum atomic E-state index is -2.64. The summed E-state index contributed by atoms with van der Waals surface area (Å²) in [5.74, 6) is -2.47. The van der Waals surface area contributed by atoms with Crippen molar-refractivity contribution < 1.29 is 13.6 Å². The molecular formula is C27H28F2IN5O. The van der Waals surface area contributed by atoms with E-state index in [4.69, 9.17) is 0 Å². The van der Waals surface area contributed by atoms with Crippen molar-refractivity contribution in [1.82, 2.24) is 9.97 Å². The van der Waals surface area contributed by atoms with Crippen LogP contribution in [0.2, 0.25) is 0 Å². The van der Waals surface area contributed by atoms with Crippen LogP contribution >= 0.6 is 22.6 Å². The normalized spacial score (nSPS) is 20.5. The van der Waals surface area contributed by atoms with Crippen LogP contribution in [0.4, 0.5) is 26.0 Å². The Kier molecular flexibility index (Phi) is 6.00. The number of rotatable bonds is 4. The number of fused-ring (bicyclic) bond motifs is 1. The molecule has 1 N–H and O–H groups in total.